The van der Waals surface area contributed by atoms with Gasteiger partial charge in [-0.15, -0.1) is 11.3 Å². The first-order valence-corrected chi connectivity index (χ1v) is 7.89. The van der Waals surface area contributed by atoms with E-state index >= 15 is 0 Å². The van der Waals surface area contributed by atoms with Crippen molar-refractivity contribution in [2.24, 2.45) is 5.73 Å². The predicted octanol–water partition coefficient (Wildman–Crippen LogP) is 2.96. The van der Waals surface area contributed by atoms with Gasteiger partial charge in [0.2, 0.25) is 5.88 Å². The number of fused-ring (bicyclic) bond motifs is 1. The summed E-state index contributed by atoms with van der Waals surface area (Å²) in [4.78, 5) is 10.0. The zero-order valence-electron chi connectivity index (χ0n) is 12.2. The molecule has 0 aromatic carbocycles. The van der Waals surface area contributed by atoms with Crippen LogP contribution >= 0.6 is 11.3 Å². The summed E-state index contributed by atoms with van der Waals surface area (Å²) in [5.41, 5.74) is 8.66. The van der Waals surface area contributed by atoms with Gasteiger partial charge in [-0.25, -0.2) is 0 Å². The minimum Gasteiger partial charge on any atom is -0.435 e. The third-order valence-corrected chi connectivity index (χ3v) is 4.08. The van der Waals surface area contributed by atoms with Crippen molar-refractivity contribution in [3.05, 3.63) is 40.8 Å². The van der Waals surface area contributed by atoms with Crippen molar-refractivity contribution in [3.63, 3.8) is 0 Å². The molecule has 0 atom stereocenters. The molecule has 5 nitrogen and oxygen atoms in total. The van der Waals surface area contributed by atoms with E-state index in [-0.39, 0.29) is 0 Å². The minimum atomic E-state index is 0.562. The molecule has 3 heterocycles. The number of ether oxygens (including phenoxy) is 1. The van der Waals surface area contributed by atoms with Gasteiger partial charge < -0.3 is 10.5 Å². The molecule has 0 unspecified atom stereocenters. The second-order valence-corrected chi connectivity index (χ2v) is 5.68. The quantitative estimate of drug-likeness (QED) is 0.787. The number of hydrogen-bond acceptors (Lipinski definition) is 5. The van der Waals surface area contributed by atoms with E-state index in [0.717, 1.165) is 40.6 Å². The molecule has 0 fully saturated rings. The molecular weight excluding hydrogens is 284 g/mol. The summed E-state index contributed by atoms with van der Waals surface area (Å²) in [6.07, 6.45) is 3.55. The van der Waals surface area contributed by atoms with Crippen molar-refractivity contribution >= 4 is 16.3 Å². The van der Waals surface area contributed by atoms with Gasteiger partial charge in [0.05, 0.1) is 11.4 Å². The maximum absolute atomic E-state index is 6.04. The molecule has 2 N–H and O–H groups in total. The Bertz CT molecular complexity index is 762. The minimum absolute atomic E-state index is 0.562. The molecule has 3 aromatic rings. The van der Waals surface area contributed by atoms with E-state index in [2.05, 4.69) is 16.9 Å². The van der Waals surface area contributed by atoms with Crippen molar-refractivity contribution in [1.29, 1.82) is 0 Å². The fraction of sp³-hybridized carbons (Fsp3) is 0.333. The van der Waals surface area contributed by atoms with E-state index < -0.39 is 0 Å². The van der Waals surface area contributed by atoms with Crippen LogP contribution in [0.3, 0.4) is 0 Å². The summed E-state index contributed by atoms with van der Waals surface area (Å²) in [7, 11) is 0. The molecule has 0 amide bonds. The standard InChI is InChI=1S/C15H18N4OS/c1-3-11-13(5-4-10(2)17-11)20-14-12(6-7-16)19-8-9-21-15(19)18-14/h4-5,8-9H,3,6-7,16H2,1-2H3. The molecule has 0 bridgehead atoms. The maximum atomic E-state index is 6.04. The third kappa shape index (κ3) is 2.64. The first kappa shape index (κ1) is 14.0. The molecule has 0 aliphatic heterocycles. The number of pyridine rings is 1. The largest absolute Gasteiger partial charge is 0.435 e. The Balaban J connectivity index is 2.01. The molecule has 0 saturated heterocycles. The van der Waals surface area contributed by atoms with Gasteiger partial charge in [0, 0.05) is 23.7 Å². The van der Waals surface area contributed by atoms with Gasteiger partial charge in [0.25, 0.3) is 0 Å². The van der Waals surface area contributed by atoms with Crippen LogP contribution in [0.2, 0.25) is 0 Å². The highest BCUT2D eigenvalue weighted by Crippen LogP contribution is 2.29. The van der Waals surface area contributed by atoms with Gasteiger partial charge in [-0.2, -0.15) is 4.98 Å². The van der Waals surface area contributed by atoms with E-state index in [1.165, 1.54) is 0 Å². The monoisotopic (exact) mass is 302 g/mol. The number of hydrogen-bond donors (Lipinski definition) is 1. The Hall–Kier alpha value is -1.92. The number of thiazole rings is 1. The lowest BCUT2D eigenvalue weighted by Gasteiger charge is -2.09. The van der Waals surface area contributed by atoms with E-state index in [1.807, 2.05) is 35.0 Å². The second-order valence-electron chi connectivity index (χ2n) is 4.81. The van der Waals surface area contributed by atoms with Crippen molar-refractivity contribution < 1.29 is 4.74 Å². The van der Waals surface area contributed by atoms with Crippen LogP contribution in [0.4, 0.5) is 0 Å². The molecule has 21 heavy (non-hydrogen) atoms. The van der Waals surface area contributed by atoms with Gasteiger partial charge in [0.15, 0.2) is 10.7 Å². The highest BCUT2D eigenvalue weighted by molar-refractivity contribution is 7.15. The van der Waals surface area contributed by atoms with Crippen molar-refractivity contribution in [2.75, 3.05) is 6.54 Å². The topological polar surface area (TPSA) is 65.4 Å². The summed E-state index contributed by atoms with van der Waals surface area (Å²) < 4.78 is 8.08. The van der Waals surface area contributed by atoms with Crippen LogP contribution in [0, 0.1) is 6.92 Å². The Kier molecular flexibility index (Phi) is 3.90. The van der Waals surface area contributed by atoms with Crippen LogP contribution in [-0.2, 0) is 12.8 Å². The Morgan fingerprint density at radius 1 is 1.33 bits per heavy atom. The first-order valence-electron chi connectivity index (χ1n) is 7.01. The number of imidazole rings is 1. The fourth-order valence-electron chi connectivity index (χ4n) is 2.31. The molecule has 0 saturated carbocycles. The average Bonchev–Trinajstić information content (AvgIpc) is 3.04. The van der Waals surface area contributed by atoms with E-state index in [4.69, 9.17) is 10.5 Å². The SMILES string of the molecule is CCc1nc(C)ccc1Oc1nc2sccn2c1CCN. The fourth-order valence-corrected chi connectivity index (χ4v) is 3.03. The lowest BCUT2D eigenvalue weighted by atomic mass is 10.2. The highest BCUT2D eigenvalue weighted by Gasteiger charge is 2.16. The summed E-state index contributed by atoms with van der Waals surface area (Å²) in [5, 5.41) is 2.01. The summed E-state index contributed by atoms with van der Waals surface area (Å²) in [6, 6.07) is 3.91. The van der Waals surface area contributed by atoms with Crippen molar-refractivity contribution in [3.8, 4) is 11.6 Å². The smallest absolute Gasteiger partial charge is 0.242 e. The van der Waals surface area contributed by atoms with Gasteiger partial charge in [0.1, 0.15) is 0 Å². The van der Waals surface area contributed by atoms with Crippen molar-refractivity contribution in [1.82, 2.24) is 14.4 Å². The van der Waals surface area contributed by atoms with E-state index in [0.29, 0.717) is 12.4 Å². The van der Waals surface area contributed by atoms with Crippen LogP contribution in [0.15, 0.2) is 23.7 Å². The number of aromatic nitrogens is 3. The zero-order chi connectivity index (χ0) is 14.8. The van der Waals surface area contributed by atoms with Crippen molar-refractivity contribution in [2.45, 2.75) is 26.7 Å². The summed E-state index contributed by atoms with van der Waals surface area (Å²) in [6.45, 7) is 4.61. The van der Waals surface area contributed by atoms with Crippen LogP contribution in [0.25, 0.3) is 4.96 Å². The number of rotatable bonds is 5. The molecular formula is C15H18N4OS. The molecule has 6 heteroatoms. The maximum Gasteiger partial charge on any atom is 0.242 e. The Morgan fingerprint density at radius 3 is 2.95 bits per heavy atom. The van der Waals surface area contributed by atoms with Crippen LogP contribution < -0.4 is 10.5 Å². The predicted molar refractivity (Wildman–Crippen MR) is 84.3 cm³/mol. The first-order chi connectivity index (χ1) is 10.2. The molecule has 110 valence electrons. The lowest BCUT2D eigenvalue weighted by Crippen LogP contribution is -2.06. The molecule has 0 spiro atoms. The molecule has 3 aromatic heterocycles. The van der Waals surface area contributed by atoms with E-state index in [9.17, 15) is 0 Å². The van der Waals surface area contributed by atoms with E-state index in [1.54, 1.807) is 11.3 Å². The zero-order valence-corrected chi connectivity index (χ0v) is 13.0. The summed E-state index contributed by atoms with van der Waals surface area (Å²) >= 11 is 1.59. The van der Waals surface area contributed by atoms with Crippen LogP contribution in [0.1, 0.15) is 24.0 Å². The van der Waals surface area contributed by atoms with Gasteiger partial charge in [-0.1, -0.05) is 6.92 Å². The second kappa shape index (κ2) is 5.83. The number of nitrogens with two attached hydrogens (primary N) is 1. The van der Waals surface area contributed by atoms with Gasteiger partial charge in [-0.05, 0) is 32.0 Å². The van der Waals surface area contributed by atoms with Crippen LogP contribution in [-0.4, -0.2) is 20.9 Å². The third-order valence-electron chi connectivity index (χ3n) is 3.32. The Labute approximate surface area is 127 Å². The molecule has 0 aliphatic carbocycles. The molecule has 3 rings (SSSR count). The van der Waals surface area contributed by atoms with Crippen LogP contribution in [0.5, 0.6) is 11.6 Å². The lowest BCUT2D eigenvalue weighted by molar-refractivity contribution is 0.450. The average molecular weight is 302 g/mol. The number of aryl methyl sites for hydroxylation is 2. The molecule has 0 radical (unpaired) electrons. The summed E-state index contributed by atoms with van der Waals surface area (Å²) in [5.74, 6) is 1.40. The number of nitrogens with zero attached hydrogens (tertiary/aromatic N) is 3. The van der Waals surface area contributed by atoms with Gasteiger partial charge in [-0.3, -0.25) is 9.38 Å². The Morgan fingerprint density at radius 2 is 2.19 bits per heavy atom. The molecule has 0 aliphatic rings. The van der Waals surface area contributed by atoms with Gasteiger partial charge >= 0.3 is 0 Å². The highest BCUT2D eigenvalue weighted by atomic mass is 32.1. The normalized spacial score (nSPS) is 11.2.